The lowest BCUT2D eigenvalue weighted by molar-refractivity contribution is -0.142. The van der Waals surface area contributed by atoms with Gasteiger partial charge in [0.15, 0.2) is 0 Å². The molecule has 1 aliphatic rings. The van der Waals surface area contributed by atoms with Crippen LogP contribution in [0.5, 0.6) is 11.5 Å². The second-order valence-electron chi connectivity index (χ2n) is 10.4. The van der Waals surface area contributed by atoms with E-state index >= 15 is 0 Å². The lowest BCUT2D eigenvalue weighted by Gasteiger charge is -2.34. The molecule has 10 nitrogen and oxygen atoms in total. The fourth-order valence-electron chi connectivity index (χ4n) is 4.45. The Bertz CT molecular complexity index is 1240. The fraction of sp³-hybridized carbons (Fsp3) is 0.483. The van der Waals surface area contributed by atoms with Gasteiger partial charge in [-0.3, -0.25) is 9.59 Å². The summed E-state index contributed by atoms with van der Waals surface area (Å²) < 4.78 is 49.1. The number of aliphatic hydroxyl groups excluding tert-OH is 1. The molecule has 0 radical (unpaired) electrons. The van der Waals surface area contributed by atoms with E-state index in [2.05, 4.69) is 10.6 Å². The molecule has 0 saturated carbocycles. The second-order valence-corrected chi connectivity index (χ2v) is 10.4. The van der Waals surface area contributed by atoms with E-state index in [1.54, 1.807) is 56.3 Å². The number of carbonyl (C=O) groups excluding carboxylic acids is 3. The Morgan fingerprint density at radius 1 is 1.17 bits per heavy atom. The molecule has 42 heavy (non-hydrogen) atoms. The number of anilines is 2. The van der Waals surface area contributed by atoms with E-state index in [1.807, 2.05) is 6.92 Å². The van der Waals surface area contributed by atoms with E-state index in [4.69, 9.17) is 9.47 Å². The summed E-state index contributed by atoms with van der Waals surface area (Å²) in [4.78, 5) is 41.4. The van der Waals surface area contributed by atoms with E-state index in [9.17, 15) is 32.7 Å². The molecule has 13 heteroatoms. The minimum Gasteiger partial charge on any atom is -0.497 e. The largest absolute Gasteiger partial charge is 0.497 e. The topological polar surface area (TPSA) is 120 Å². The van der Waals surface area contributed by atoms with Gasteiger partial charge in [0.1, 0.15) is 17.6 Å². The number of methoxy groups -OCH3 is 1. The van der Waals surface area contributed by atoms with Gasteiger partial charge >= 0.3 is 12.2 Å². The number of fused-ring (bicyclic) bond motifs is 1. The summed E-state index contributed by atoms with van der Waals surface area (Å²) in [5, 5.41) is 15.1. The first kappa shape index (κ1) is 32.5. The number of alkyl halides is 3. The Hall–Kier alpha value is -4.00. The van der Waals surface area contributed by atoms with Gasteiger partial charge in [0.05, 0.1) is 39.1 Å². The van der Waals surface area contributed by atoms with Crippen molar-refractivity contribution in [3.05, 3.63) is 48.0 Å². The van der Waals surface area contributed by atoms with Crippen LogP contribution < -0.4 is 20.1 Å². The third-order valence-corrected chi connectivity index (χ3v) is 6.98. The number of carbonyl (C=O) groups is 3. The lowest BCUT2D eigenvalue weighted by atomic mass is 10.0. The van der Waals surface area contributed by atoms with Crippen molar-refractivity contribution in [2.75, 3.05) is 44.5 Å². The Morgan fingerprint density at radius 2 is 1.83 bits per heavy atom. The van der Waals surface area contributed by atoms with Crippen molar-refractivity contribution in [3.63, 3.8) is 0 Å². The zero-order valence-corrected chi connectivity index (χ0v) is 24.0. The fourth-order valence-corrected chi connectivity index (χ4v) is 4.45. The Balaban J connectivity index is 1.83. The van der Waals surface area contributed by atoms with E-state index in [1.165, 1.54) is 17.0 Å². The van der Waals surface area contributed by atoms with Crippen molar-refractivity contribution in [2.24, 2.45) is 5.92 Å². The monoisotopic (exact) mass is 594 g/mol. The van der Waals surface area contributed by atoms with Gasteiger partial charge < -0.3 is 35.0 Å². The molecule has 0 unspecified atom stereocenters. The van der Waals surface area contributed by atoms with Crippen LogP contribution >= 0.6 is 0 Å². The number of hydrogen-bond acceptors (Lipinski definition) is 6. The molecule has 0 aromatic heterocycles. The number of hydrogen-bond donors (Lipinski definition) is 3. The number of aliphatic hydroxyl groups is 1. The van der Waals surface area contributed by atoms with Crippen molar-refractivity contribution in [2.45, 2.75) is 51.4 Å². The molecule has 0 spiro atoms. The Labute approximate surface area is 242 Å². The standard InChI is InChI=1S/C29H37F3N4O6/c1-18-15-36(19(2)17-37)27(39)14-20-13-22(33-26(38)11-12-29(30,31)32)7-10-24(20)42-25(18)16-35(3)28(40)34-21-5-8-23(41-4)9-6-21/h5-10,13,18-19,25,37H,11-12,14-17H2,1-4H3,(H,33,38)(H,34,40)/t18-,19+,25-/m1/s1. The summed E-state index contributed by atoms with van der Waals surface area (Å²) in [5.41, 5.74) is 1.20. The van der Waals surface area contributed by atoms with Gasteiger partial charge in [-0.1, -0.05) is 6.92 Å². The smallest absolute Gasteiger partial charge is 0.389 e. The van der Waals surface area contributed by atoms with E-state index in [0.717, 1.165) is 0 Å². The quantitative estimate of drug-likeness (QED) is 0.399. The summed E-state index contributed by atoms with van der Waals surface area (Å²) in [7, 11) is 3.16. The number of amides is 4. The zero-order valence-electron chi connectivity index (χ0n) is 24.0. The summed E-state index contributed by atoms with van der Waals surface area (Å²) in [6.45, 7) is 3.72. The number of rotatable bonds is 9. The highest BCUT2D eigenvalue weighted by atomic mass is 19.4. The van der Waals surface area contributed by atoms with Gasteiger partial charge in [0.2, 0.25) is 11.8 Å². The highest BCUT2D eigenvalue weighted by Gasteiger charge is 2.32. The first-order valence-corrected chi connectivity index (χ1v) is 13.5. The van der Waals surface area contributed by atoms with Crippen LogP contribution in [0.2, 0.25) is 0 Å². The molecule has 0 fully saturated rings. The maximum Gasteiger partial charge on any atom is 0.389 e. The zero-order chi connectivity index (χ0) is 31.0. The number of halogens is 3. The van der Waals surface area contributed by atoms with Crippen molar-refractivity contribution in [1.82, 2.24) is 9.80 Å². The predicted molar refractivity (Wildman–Crippen MR) is 151 cm³/mol. The van der Waals surface area contributed by atoms with Crippen LogP contribution in [-0.2, 0) is 16.0 Å². The van der Waals surface area contributed by atoms with Gasteiger partial charge in [-0.25, -0.2) is 4.79 Å². The molecule has 3 atom stereocenters. The van der Waals surface area contributed by atoms with Crippen molar-refractivity contribution >= 4 is 29.2 Å². The van der Waals surface area contributed by atoms with Gasteiger partial charge in [-0.15, -0.1) is 0 Å². The minimum atomic E-state index is -4.46. The predicted octanol–water partition coefficient (Wildman–Crippen LogP) is 4.29. The first-order chi connectivity index (χ1) is 19.8. The van der Waals surface area contributed by atoms with Crippen LogP contribution in [0.3, 0.4) is 0 Å². The Morgan fingerprint density at radius 3 is 2.45 bits per heavy atom. The number of ether oxygens (including phenoxy) is 2. The Kier molecular flexibility index (Phi) is 11.0. The average molecular weight is 595 g/mol. The number of benzene rings is 2. The minimum absolute atomic E-state index is 0.126. The molecule has 3 rings (SSSR count). The maximum absolute atomic E-state index is 13.3. The van der Waals surface area contributed by atoms with Gasteiger partial charge in [-0.05, 0) is 49.4 Å². The van der Waals surface area contributed by atoms with Crippen molar-refractivity contribution < 1.29 is 42.1 Å². The molecule has 1 aliphatic heterocycles. The lowest BCUT2D eigenvalue weighted by Crippen LogP contribution is -2.48. The van der Waals surface area contributed by atoms with Gasteiger partial charge in [0.25, 0.3) is 0 Å². The molecule has 3 N–H and O–H groups in total. The third kappa shape index (κ3) is 9.26. The van der Waals surface area contributed by atoms with Crippen LogP contribution in [0.15, 0.2) is 42.5 Å². The third-order valence-electron chi connectivity index (χ3n) is 6.98. The SMILES string of the molecule is COc1ccc(NC(=O)N(C)C[C@H]2Oc3ccc(NC(=O)CCC(F)(F)F)cc3CC(=O)N([C@@H](C)CO)C[C@H]2C)cc1. The highest BCUT2D eigenvalue weighted by Crippen LogP contribution is 2.30. The van der Waals surface area contributed by atoms with Crippen molar-refractivity contribution in [1.29, 1.82) is 0 Å². The molecule has 2 aromatic carbocycles. The second kappa shape index (κ2) is 14.3. The normalized spacial score (nSPS) is 18.0. The highest BCUT2D eigenvalue weighted by molar-refractivity contribution is 5.91. The molecule has 0 aliphatic carbocycles. The number of nitrogens with one attached hydrogen (secondary N) is 2. The van der Waals surface area contributed by atoms with Crippen LogP contribution in [0.4, 0.5) is 29.3 Å². The molecular weight excluding hydrogens is 557 g/mol. The van der Waals surface area contributed by atoms with Gasteiger partial charge in [-0.2, -0.15) is 13.2 Å². The van der Waals surface area contributed by atoms with E-state index < -0.39 is 37.1 Å². The number of nitrogens with zero attached hydrogens (tertiary/aromatic N) is 2. The molecule has 1 heterocycles. The van der Waals surface area contributed by atoms with Crippen LogP contribution in [0.25, 0.3) is 0 Å². The van der Waals surface area contributed by atoms with Gasteiger partial charge in [0, 0.05) is 42.9 Å². The molecule has 0 bridgehead atoms. The first-order valence-electron chi connectivity index (χ1n) is 13.5. The van der Waals surface area contributed by atoms with Crippen LogP contribution in [-0.4, -0.2) is 84.9 Å². The molecular formula is C29H37F3N4O6. The van der Waals surface area contributed by atoms with Crippen molar-refractivity contribution in [3.8, 4) is 11.5 Å². The summed E-state index contributed by atoms with van der Waals surface area (Å²) in [5.74, 6) is -0.384. The molecule has 2 aromatic rings. The van der Waals surface area contributed by atoms with Crippen LogP contribution in [0.1, 0.15) is 32.3 Å². The van der Waals surface area contributed by atoms with E-state index in [-0.39, 0.29) is 49.7 Å². The molecule has 4 amide bonds. The van der Waals surface area contributed by atoms with E-state index in [0.29, 0.717) is 22.7 Å². The summed E-state index contributed by atoms with van der Waals surface area (Å²) in [6, 6.07) is 10.5. The summed E-state index contributed by atoms with van der Waals surface area (Å²) in [6.07, 6.45) is -7.15. The maximum atomic E-state index is 13.3. The average Bonchev–Trinajstić information content (AvgIpc) is 2.99. The summed E-state index contributed by atoms with van der Waals surface area (Å²) >= 11 is 0. The molecule has 0 saturated heterocycles. The molecule has 230 valence electrons. The number of urea groups is 1. The number of likely N-dealkylation sites (N-methyl/N-ethyl adjacent to an activating group) is 1. The van der Waals surface area contributed by atoms with Crippen LogP contribution in [0, 0.1) is 5.92 Å².